The van der Waals surface area contributed by atoms with Crippen LogP contribution in [0.4, 0.5) is 0 Å². The molecule has 1 aliphatic heterocycles. The van der Waals surface area contributed by atoms with E-state index < -0.39 is 5.97 Å². The SMILES string of the molecule is CNCCC1CCN(CC(C)C(=O)O)CC1. The van der Waals surface area contributed by atoms with Crippen LogP contribution in [0.3, 0.4) is 0 Å². The molecular weight excluding hydrogens is 204 g/mol. The van der Waals surface area contributed by atoms with Gasteiger partial charge < -0.3 is 15.3 Å². The fourth-order valence-corrected chi connectivity index (χ4v) is 2.27. The highest BCUT2D eigenvalue weighted by atomic mass is 16.4. The average molecular weight is 228 g/mol. The van der Waals surface area contributed by atoms with Gasteiger partial charge in [-0.1, -0.05) is 6.92 Å². The van der Waals surface area contributed by atoms with Gasteiger partial charge in [-0.2, -0.15) is 0 Å². The fourth-order valence-electron chi connectivity index (χ4n) is 2.27. The molecule has 1 rings (SSSR count). The summed E-state index contributed by atoms with van der Waals surface area (Å²) in [6, 6.07) is 0. The first kappa shape index (κ1) is 13.5. The lowest BCUT2D eigenvalue weighted by atomic mass is 9.93. The van der Waals surface area contributed by atoms with E-state index >= 15 is 0 Å². The number of carbonyl (C=O) groups is 1. The molecule has 2 N–H and O–H groups in total. The van der Waals surface area contributed by atoms with Crippen molar-refractivity contribution in [2.24, 2.45) is 11.8 Å². The zero-order chi connectivity index (χ0) is 12.0. The first-order chi connectivity index (χ1) is 7.63. The Morgan fingerprint density at radius 2 is 2.12 bits per heavy atom. The summed E-state index contributed by atoms with van der Waals surface area (Å²) in [5, 5.41) is 12.0. The molecule has 0 aromatic heterocycles. The second kappa shape index (κ2) is 6.86. The van der Waals surface area contributed by atoms with Crippen LogP contribution in [0.25, 0.3) is 0 Å². The lowest BCUT2D eigenvalue weighted by Crippen LogP contribution is -2.38. The van der Waals surface area contributed by atoms with E-state index in [1.54, 1.807) is 6.92 Å². The van der Waals surface area contributed by atoms with Crippen LogP contribution in [-0.2, 0) is 4.79 Å². The number of rotatable bonds is 6. The molecule has 94 valence electrons. The quantitative estimate of drug-likeness (QED) is 0.713. The van der Waals surface area contributed by atoms with Crippen molar-refractivity contribution in [2.45, 2.75) is 26.2 Å². The molecule has 1 saturated heterocycles. The number of nitrogens with one attached hydrogen (secondary N) is 1. The van der Waals surface area contributed by atoms with Crippen molar-refractivity contribution in [1.29, 1.82) is 0 Å². The third-order valence-corrected chi connectivity index (χ3v) is 3.46. The van der Waals surface area contributed by atoms with Crippen LogP contribution in [0.2, 0.25) is 0 Å². The monoisotopic (exact) mass is 228 g/mol. The van der Waals surface area contributed by atoms with Crippen LogP contribution in [0.5, 0.6) is 0 Å². The second-order valence-corrected chi connectivity index (χ2v) is 4.88. The zero-order valence-corrected chi connectivity index (χ0v) is 10.4. The van der Waals surface area contributed by atoms with Crippen LogP contribution in [0, 0.1) is 11.8 Å². The van der Waals surface area contributed by atoms with Crippen molar-refractivity contribution in [3.8, 4) is 0 Å². The summed E-state index contributed by atoms with van der Waals surface area (Å²) in [4.78, 5) is 13.0. The van der Waals surface area contributed by atoms with Gasteiger partial charge in [0.1, 0.15) is 0 Å². The Morgan fingerprint density at radius 3 is 2.62 bits per heavy atom. The van der Waals surface area contributed by atoms with Gasteiger partial charge in [-0.05, 0) is 51.9 Å². The smallest absolute Gasteiger partial charge is 0.307 e. The summed E-state index contributed by atoms with van der Waals surface area (Å²) < 4.78 is 0. The Hall–Kier alpha value is -0.610. The van der Waals surface area contributed by atoms with Crippen molar-refractivity contribution in [2.75, 3.05) is 33.2 Å². The number of likely N-dealkylation sites (tertiary alicyclic amines) is 1. The van der Waals surface area contributed by atoms with Crippen LogP contribution >= 0.6 is 0 Å². The highest BCUT2D eigenvalue weighted by Gasteiger charge is 2.22. The summed E-state index contributed by atoms with van der Waals surface area (Å²) in [7, 11) is 1.99. The van der Waals surface area contributed by atoms with E-state index in [0.717, 1.165) is 25.6 Å². The second-order valence-electron chi connectivity index (χ2n) is 4.88. The Bertz CT molecular complexity index is 213. The van der Waals surface area contributed by atoms with Gasteiger partial charge in [-0.15, -0.1) is 0 Å². The highest BCUT2D eigenvalue weighted by molar-refractivity contribution is 5.69. The maximum atomic E-state index is 10.7. The summed E-state index contributed by atoms with van der Waals surface area (Å²) in [5.74, 6) is -0.102. The van der Waals surface area contributed by atoms with E-state index in [1.165, 1.54) is 19.3 Å². The van der Waals surface area contributed by atoms with Crippen LogP contribution in [-0.4, -0.2) is 49.2 Å². The maximum Gasteiger partial charge on any atom is 0.307 e. The minimum atomic E-state index is -0.683. The minimum absolute atomic E-state index is 0.242. The molecule has 1 fully saturated rings. The van der Waals surface area contributed by atoms with Crippen LogP contribution in [0.1, 0.15) is 26.2 Å². The van der Waals surface area contributed by atoms with E-state index in [4.69, 9.17) is 5.11 Å². The number of aliphatic carboxylic acids is 1. The fraction of sp³-hybridized carbons (Fsp3) is 0.917. The Labute approximate surface area is 98.0 Å². The molecule has 0 amide bonds. The Morgan fingerprint density at radius 1 is 1.50 bits per heavy atom. The molecule has 1 heterocycles. The summed E-state index contributed by atoms with van der Waals surface area (Å²) in [6.07, 6.45) is 3.68. The van der Waals surface area contributed by atoms with Gasteiger partial charge in [0.15, 0.2) is 0 Å². The van der Waals surface area contributed by atoms with Gasteiger partial charge in [0.25, 0.3) is 0 Å². The zero-order valence-electron chi connectivity index (χ0n) is 10.4. The molecule has 0 spiro atoms. The van der Waals surface area contributed by atoms with Gasteiger partial charge in [-0.3, -0.25) is 4.79 Å². The molecule has 0 bridgehead atoms. The molecule has 0 aromatic carbocycles. The summed E-state index contributed by atoms with van der Waals surface area (Å²) in [6.45, 7) is 5.71. The van der Waals surface area contributed by atoms with Crippen molar-refractivity contribution in [3.05, 3.63) is 0 Å². The van der Waals surface area contributed by atoms with Crippen LogP contribution < -0.4 is 5.32 Å². The van der Waals surface area contributed by atoms with Crippen molar-refractivity contribution in [1.82, 2.24) is 10.2 Å². The Balaban J connectivity index is 2.19. The van der Waals surface area contributed by atoms with Crippen LogP contribution in [0.15, 0.2) is 0 Å². The molecule has 1 aliphatic rings. The predicted molar refractivity (Wildman–Crippen MR) is 64.5 cm³/mol. The number of nitrogens with zero attached hydrogens (tertiary/aromatic N) is 1. The van der Waals surface area contributed by atoms with Gasteiger partial charge in [-0.25, -0.2) is 0 Å². The number of piperidine rings is 1. The average Bonchev–Trinajstić information content (AvgIpc) is 2.28. The number of hydrogen-bond donors (Lipinski definition) is 2. The number of hydrogen-bond acceptors (Lipinski definition) is 3. The Kier molecular flexibility index (Phi) is 5.77. The van der Waals surface area contributed by atoms with E-state index in [2.05, 4.69) is 10.2 Å². The molecule has 16 heavy (non-hydrogen) atoms. The van der Waals surface area contributed by atoms with Crippen molar-refractivity contribution < 1.29 is 9.90 Å². The molecule has 0 aromatic rings. The maximum absolute atomic E-state index is 10.7. The lowest BCUT2D eigenvalue weighted by Gasteiger charge is -2.32. The number of carboxylic acid groups (broad SMARTS) is 1. The normalized spacial score (nSPS) is 20.9. The third-order valence-electron chi connectivity index (χ3n) is 3.46. The molecule has 1 unspecified atom stereocenters. The predicted octanol–water partition coefficient (Wildman–Crippen LogP) is 1.03. The van der Waals surface area contributed by atoms with Crippen molar-refractivity contribution >= 4 is 5.97 Å². The molecule has 0 radical (unpaired) electrons. The van der Waals surface area contributed by atoms with Gasteiger partial charge in [0.2, 0.25) is 0 Å². The lowest BCUT2D eigenvalue weighted by molar-refractivity contribution is -0.141. The molecular formula is C12H24N2O2. The number of carboxylic acids is 1. The molecule has 0 saturated carbocycles. The van der Waals surface area contributed by atoms with Crippen molar-refractivity contribution in [3.63, 3.8) is 0 Å². The van der Waals surface area contributed by atoms with E-state index in [9.17, 15) is 4.79 Å². The first-order valence-electron chi connectivity index (χ1n) is 6.23. The summed E-state index contributed by atoms with van der Waals surface area (Å²) >= 11 is 0. The largest absolute Gasteiger partial charge is 0.481 e. The molecule has 1 atom stereocenters. The van der Waals surface area contributed by atoms with E-state index in [1.807, 2.05) is 7.05 Å². The van der Waals surface area contributed by atoms with E-state index in [-0.39, 0.29) is 5.92 Å². The van der Waals surface area contributed by atoms with Gasteiger partial charge in [0, 0.05) is 6.54 Å². The van der Waals surface area contributed by atoms with E-state index in [0.29, 0.717) is 6.54 Å². The topological polar surface area (TPSA) is 52.6 Å². The first-order valence-corrected chi connectivity index (χ1v) is 6.23. The molecule has 0 aliphatic carbocycles. The summed E-state index contributed by atoms with van der Waals surface area (Å²) in [5.41, 5.74) is 0. The standard InChI is InChI=1S/C12H24N2O2/c1-10(12(15)16)9-14-7-4-11(5-8-14)3-6-13-2/h10-11,13H,3-9H2,1-2H3,(H,15,16). The molecule has 4 nitrogen and oxygen atoms in total. The minimum Gasteiger partial charge on any atom is -0.481 e. The highest BCUT2D eigenvalue weighted by Crippen LogP contribution is 2.20. The third kappa shape index (κ3) is 4.49. The molecule has 4 heteroatoms. The van der Waals surface area contributed by atoms with Gasteiger partial charge in [0.05, 0.1) is 5.92 Å². The van der Waals surface area contributed by atoms with Gasteiger partial charge >= 0.3 is 5.97 Å².